The van der Waals surface area contributed by atoms with Crippen molar-refractivity contribution < 1.29 is 32.2 Å². The number of carbonyl (C=O) groups excluding carboxylic acids is 2. The van der Waals surface area contributed by atoms with Gasteiger partial charge in [0.2, 0.25) is 0 Å². The maximum absolute atomic E-state index is 12.1. The quantitative estimate of drug-likeness (QED) is 0.595. The number of anilines is 1. The largest absolute Gasteiger partial charge is 0.573 e. The van der Waals surface area contributed by atoms with Crippen molar-refractivity contribution >= 4 is 17.5 Å². The number of amides is 2. The van der Waals surface area contributed by atoms with Gasteiger partial charge in [-0.05, 0) is 48.9 Å². The summed E-state index contributed by atoms with van der Waals surface area (Å²) >= 11 is 0. The summed E-state index contributed by atoms with van der Waals surface area (Å²) in [5, 5.41) is 4.65. The molecule has 6 nitrogen and oxygen atoms in total. The Morgan fingerprint density at radius 1 is 1.00 bits per heavy atom. The van der Waals surface area contributed by atoms with Crippen LogP contribution in [0, 0.1) is 6.92 Å². The molecule has 0 spiro atoms. The van der Waals surface area contributed by atoms with Gasteiger partial charge in [-0.1, -0.05) is 12.1 Å². The van der Waals surface area contributed by atoms with Crippen LogP contribution in [0.1, 0.15) is 5.56 Å². The third-order valence-corrected chi connectivity index (χ3v) is 3.20. The highest BCUT2D eigenvalue weighted by molar-refractivity contribution is 6.39. The number of alkyl halides is 3. The van der Waals surface area contributed by atoms with Crippen molar-refractivity contribution in [3.05, 3.63) is 54.1 Å². The molecule has 0 aromatic heterocycles. The van der Waals surface area contributed by atoms with Crippen molar-refractivity contribution in [1.82, 2.24) is 5.32 Å². The van der Waals surface area contributed by atoms with Crippen molar-refractivity contribution in [3.63, 3.8) is 0 Å². The van der Waals surface area contributed by atoms with E-state index in [9.17, 15) is 22.8 Å². The van der Waals surface area contributed by atoms with Crippen LogP contribution in [0.2, 0.25) is 0 Å². The van der Waals surface area contributed by atoms with Crippen molar-refractivity contribution in [3.8, 4) is 11.5 Å². The standard InChI is InChI=1S/C18H17F3N2O4/c1-12-3-2-4-15(11-12)26-10-9-22-16(24)17(25)23-13-5-7-14(8-6-13)27-18(19,20)21/h2-8,11H,9-10H2,1H3,(H,22,24)(H,23,25). The summed E-state index contributed by atoms with van der Waals surface area (Å²) in [6, 6.07) is 11.8. The lowest BCUT2D eigenvalue weighted by atomic mass is 10.2. The number of benzene rings is 2. The Labute approximate surface area is 153 Å². The topological polar surface area (TPSA) is 76.7 Å². The fraction of sp³-hybridized carbons (Fsp3) is 0.222. The molecule has 0 saturated carbocycles. The molecule has 0 atom stereocenters. The predicted octanol–water partition coefficient (Wildman–Crippen LogP) is 3.03. The molecule has 0 radical (unpaired) electrons. The van der Waals surface area contributed by atoms with E-state index in [2.05, 4.69) is 15.4 Å². The van der Waals surface area contributed by atoms with E-state index in [1.165, 1.54) is 12.1 Å². The maximum Gasteiger partial charge on any atom is 0.573 e. The summed E-state index contributed by atoms with van der Waals surface area (Å²) in [5.41, 5.74) is 1.18. The average molecular weight is 382 g/mol. The van der Waals surface area contributed by atoms with E-state index < -0.39 is 23.9 Å². The Morgan fingerprint density at radius 3 is 2.33 bits per heavy atom. The highest BCUT2D eigenvalue weighted by Crippen LogP contribution is 2.23. The number of halogens is 3. The first-order valence-corrected chi connectivity index (χ1v) is 7.87. The van der Waals surface area contributed by atoms with Crippen LogP contribution < -0.4 is 20.1 Å². The monoisotopic (exact) mass is 382 g/mol. The summed E-state index contributed by atoms with van der Waals surface area (Å²) in [6.45, 7) is 2.20. The number of carbonyl (C=O) groups is 2. The molecular weight excluding hydrogens is 365 g/mol. The smallest absolute Gasteiger partial charge is 0.492 e. The first-order chi connectivity index (χ1) is 12.7. The predicted molar refractivity (Wildman–Crippen MR) is 91.4 cm³/mol. The molecule has 2 N–H and O–H groups in total. The van der Waals surface area contributed by atoms with Crippen LogP contribution in [0.15, 0.2) is 48.5 Å². The summed E-state index contributed by atoms with van der Waals surface area (Å²) in [6.07, 6.45) is -4.80. The third kappa shape index (κ3) is 7.27. The fourth-order valence-electron chi connectivity index (χ4n) is 2.05. The molecule has 2 amide bonds. The van der Waals surface area contributed by atoms with Gasteiger partial charge in [0, 0.05) is 5.69 Å². The van der Waals surface area contributed by atoms with Crippen LogP contribution in [0.4, 0.5) is 18.9 Å². The number of aryl methyl sites for hydroxylation is 1. The molecule has 144 valence electrons. The van der Waals surface area contributed by atoms with Gasteiger partial charge in [0.25, 0.3) is 0 Å². The lowest BCUT2D eigenvalue weighted by Gasteiger charge is -2.10. The van der Waals surface area contributed by atoms with Crippen LogP contribution >= 0.6 is 0 Å². The lowest BCUT2D eigenvalue weighted by molar-refractivity contribution is -0.274. The van der Waals surface area contributed by atoms with E-state index in [1.807, 2.05) is 25.1 Å². The molecular formula is C18H17F3N2O4. The van der Waals surface area contributed by atoms with Gasteiger partial charge >= 0.3 is 18.2 Å². The van der Waals surface area contributed by atoms with Crippen molar-refractivity contribution in [2.75, 3.05) is 18.5 Å². The molecule has 2 rings (SSSR count). The second-order valence-electron chi connectivity index (χ2n) is 5.45. The minimum atomic E-state index is -4.80. The highest BCUT2D eigenvalue weighted by atomic mass is 19.4. The van der Waals surface area contributed by atoms with Gasteiger partial charge in [-0.3, -0.25) is 9.59 Å². The maximum atomic E-state index is 12.1. The average Bonchev–Trinajstić information content (AvgIpc) is 2.59. The fourth-order valence-corrected chi connectivity index (χ4v) is 2.05. The van der Waals surface area contributed by atoms with Crippen LogP contribution in [0.5, 0.6) is 11.5 Å². The minimum Gasteiger partial charge on any atom is -0.492 e. The summed E-state index contributed by atoms with van der Waals surface area (Å²) in [5.74, 6) is -1.62. The van der Waals surface area contributed by atoms with Crippen LogP contribution in [-0.4, -0.2) is 31.3 Å². The Balaban J connectivity index is 1.74. The molecule has 0 bridgehead atoms. The first-order valence-electron chi connectivity index (χ1n) is 7.87. The molecule has 27 heavy (non-hydrogen) atoms. The van der Waals surface area contributed by atoms with Gasteiger partial charge in [-0.2, -0.15) is 0 Å². The van der Waals surface area contributed by atoms with Gasteiger partial charge in [-0.15, -0.1) is 13.2 Å². The van der Waals surface area contributed by atoms with E-state index in [0.29, 0.717) is 5.75 Å². The van der Waals surface area contributed by atoms with E-state index in [1.54, 1.807) is 6.07 Å². The molecule has 0 unspecified atom stereocenters. The Hall–Kier alpha value is -3.23. The zero-order valence-corrected chi connectivity index (χ0v) is 14.3. The molecule has 0 fully saturated rings. The number of hydrogen-bond acceptors (Lipinski definition) is 4. The molecule has 0 aliphatic rings. The highest BCUT2D eigenvalue weighted by Gasteiger charge is 2.31. The van der Waals surface area contributed by atoms with Crippen LogP contribution in [-0.2, 0) is 9.59 Å². The molecule has 2 aromatic rings. The Morgan fingerprint density at radius 2 is 1.70 bits per heavy atom. The van der Waals surface area contributed by atoms with Crippen molar-refractivity contribution in [2.24, 2.45) is 0 Å². The molecule has 0 aliphatic heterocycles. The Bertz CT molecular complexity index is 792. The van der Waals surface area contributed by atoms with Crippen molar-refractivity contribution in [2.45, 2.75) is 13.3 Å². The summed E-state index contributed by atoms with van der Waals surface area (Å²) in [7, 11) is 0. The third-order valence-electron chi connectivity index (χ3n) is 3.20. The second kappa shape index (κ2) is 8.93. The number of nitrogens with one attached hydrogen (secondary N) is 2. The minimum absolute atomic E-state index is 0.110. The molecule has 0 aliphatic carbocycles. The van der Waals surface area contributed by atoms with E-state index in [-0.39, 0.29) is 18.8 Å². The van der Waals surface area contributed by atoms with E-state index in [4.69, 9.17) is 4.74 Å². The second-order valence-corrected chi connectivity index (χ2v) is 5.45. The van der Waals surface area contributed by atoms with Gasteiger partial charge < -0.3 is 20.1 Å². The zero-order valence-electron chi connectivity index (χ0n) is 14.3. The summed E-state index contributed by atoms with van der Waals surface area (Å²) in [4.78, 5) is 23.5. The van der Waals surface area contributed by atoms with Gasteiger partial charge in [-0.25, -0.2) is 0 Å². The molecule has 0 heterocycles. The molecule has 9 heteroatoms. The lowest BCUT2D eigenvalue weighted by Crippen LogP contribution is -2.37. The summed E-state index contributed by atoms with van der Waals surface area (Å²) < 4.78 is 45.4. The van der Waals surface area contributed by atoms with Crippen molar-refractivity contribution in [1.29, 1.82) is 0 Å². The van der Waals surface area contributed by atoms with Gasteiger partial charge in [0.05, 0.1) is 6.54 Å². The van der Waals surface area contributed by atoms with Gasteiger partial charge in [0.1, 0.15) is 18.1 Å². The molecule has 2 aromatic carbocycles. The number of ether oxygens (including phenoxy) is 2. The van der Waals surface area contributed by atoms with Crippen LogP contribution in [0.3, 0.4) is 0 Å². The number of hydrogen-bond donors (Lipinski definition) is 2. The normalized spacial score (nSPS) is 10.8. The van der Waals surface area contributed by atoms with E-state index >= 15 is 0 Å². The molecule has 0 saturated heterocycles. The zero-order chi connectivity index (χ0) is 19.9. The van der Waals surface area contributed by atoms with Crippen LogP contribution in [0.25, 0.3) is 0 Å². The SMILES string of the molecule is Cc1cccc(OCCNC(=O)C(=O)Nc2ccc(OC(F)(F)F)cc2)c1. The number of rotatable bonds is 6. The van der Waals surface area contributed by atoms with E-state index in [0.717, 1.165) is 17.7 Å². The Kier molecular flexibility index (Phi) is 6.64. The first kappa shape index (κ1) is 20.1. The van der Waals surface area contributed by atoms with Gasteiger partial charge in [0.15, 0.2) is 0 Å².